The Morgan fingerprint density at radius 3 is 2.41 bits per heavy atom. The number of aliphatic carboxylic acids is 1. The summed E-state index contributed by atoms with van der Waals surface area (Å²) in [7, 11) is 1.45. The van der Waals surface area contributed by atoms with Crippen LogP contribution in [0.5, 0.6) is 5.75 Å². The number of amides is 2. The Bertz CT molecular complexity index is 1270. The van der Waals surface area contributed by atoms with Crippen molar-refractivity contribution in [3.8, 4) is 11.4 Å². The van der Waals surface area contributed by atoms with Crippen LogP contribution in [0.25, 0.3) is 5.69 Å². The van der Waals surface area contributed by atoms with E-state index >= 15 is 0 Å². The van der Waals surface area contributed by atoms with E-state index in [1.165, 1.54) is 25.4 Å². The van der Waals surface area contributed by atoms with Gasteiger partial charge in [-0.05, 0) is 61.2 Å². The van der Waals surface area contributed by atoms with Crippen LogP contribution in [0.3, 0.4) is 0 Å². The van der Waals surface area contributed by atoms with Gasteiger partial charge in [0.25, 0.3) is 11.8 Å². The van der Waals surface area contributed by atoms with E-state index < -0.39 is 23.8 Å². The SMILES string of the molecule is CCCc1c(C(=O)Nc2cc(C(=O)NC(CC(C)C)C(=O)O)ccc2OC)cnn1-c1ccc(Cl)cc1. The van der Waals surface area contributed by atoms with Crippen molar-refractivity contribution < 1.29 is 24.2 Å². The summed E-state index contributed by atoms with van der Waals surface area (Å²) in [6.45, 7) is 5.77. The molecule has 0 spiro atoms. The van der Waals surface area contributed by atoms with Gasteiger partial charge in [-0.2, -0.15) is 5.10 Å². The van der Waals surface area contributed by atoms with Crippen LogP contribution in [0.1, 0.15) is 60.0 Å². The lowest BCUT2D eigenvalue weighted by Gasteiger charge is -2.17. The average molecular weight is 527 g/mol. The lowest BCUT2D eigenvalue weighted by atomic mass is 10.0. The molecule has 0 fully saturated rings. The topological polar surface area (TPSA) is 123 Å². The highest BCUT2D eigenvalue weighted by atomic mass is 35.5. The van der Waals surface area contributed by atoms with E-state index in [0.29, 0.717) is 29.2 Å². The zero-order valence-electron chi connectivity index (χ0n) is 21.2. The van der Waals surface area contributed by atoms with Crippen molar-refractivity contribution >= 4 is 35.1 Å². The molecule has 1 unspecified atom stereocenters. The number of nitrogens with zero attached hydrogens (tertiary/aromatic N) is 2. The number of carboxylic acid groups (broad SMARTS) is 1. The molecule has 10 heteroatoms. The first-order valence-corrected chi connectivity index (χ1v) is 12.4. The molecule has 0 aliphatic carbocycles. The molecule has 3 rings (SSSR count). The van der Waals surface area contributed by atoms with Crippen LogP contribution in [0, 0.1) is 5.92 Å². The lowest BCUT2D eigenvalue weighted by Crippen LogP contribution is -2.41. The van der Waals surface area contributed by atoms with Crippen LogP contribution in [0.15, 0.2) is 48.7 Å². The monoisotopic (exact) mass is 526 g/mol. The molecule has 0 aliphatic rings. The molecular weight excluding hydrogens is 496 g/mol. The summed E-state index contributed by atoms with van der Waals surface area (Å²) in [5.74, 6) is -1.65. The van der Waals surface area contributed by atoms with Gasteiger partial charge in [-0.15, -0.1) is 0 Å². The summed E-state index contributed by atoms with van der Waals surface area (Å²) in [5, 5.41) is 19.8. The fraction of sp³-hybridized carbons (Fsp3) is 0.333. The van der Waals surface area contributed by atoms with Crippen molar-refractivity contribution in [3.63, 3.8) is 0 Å². The zero-order chi connectivity index (χ0) is 27.1. The zero-order valence-corrected chi connectivity index (χ0v) is 22.0. The molecule has 0 bridgehead atoms. The van der Waals surface area contributed by atoms with E-state index in [1.54, 1.807) is 22.9 Å². The minimum Gasteiger partial charge on any atom is -0.495 e. The van der Waals surface area contributed by atoms with Crippen LogP contribution < -0.4 is 15.4 Å². The second-order valence-corrected chi connectivity index (χ2v) is 9.44. The Kier molecular flexibility index (Phi) is 9.30. The highest BCUT2D eigenvalue weighted by molar-refractivity contribution is 6.30. The average Bonchev–Trinajstić information content (AvgIpc) is 3.27. The van der Waals surface area contributed by atoms with Crippen LogP contribution in [0.2, 0.25) is 5.02 Å². The van der Waals surface area contributed by atoms with Crippen LogP contribution in [0.4, 0.5) is 5.69 Å². The summed E-state index contributed by atoms with van der Waals surface area (Å²) in [4.78, 5) is 37.7. The molecule has 0 saturated heterocycles. The summed E-state index contributed by atoms with van der Waals surface area (Å²) in [6.07, 6.45) is 3.19. The summed E-state index contributed by atoms with van der Waals surface area (Å²) in [6, 6.07) is 10.7. The molecule has 1 atom stereocenters. The number of halogens is 1. The largest absolute Gasteiger partial charge is 0.495 e. The molecule has 3 aromatic rings. The molecule has 0 radical (unpaired) electrons. The molecule has 2 aromatic carbocycles. The Balaban J connectivity index is 1.88. The molecule has 0 saturated carbocycles. The first kappa shape index (κ1) is 27.7. The Labute approximate surface area is 220 Å². The number of hydrogen-bond acceptors (Lipinski definition) is 5. The number of hydrogen-bond donors (Lipinski definition) is 3. The van der Waals surface area contributed by atoms with E-state index in [0.717, 1.165) is 17.8 Å². The van der Waals surface area contributed by atoms with Gasteiger partial charge in [-0.3, -0.25) is 9.59 Å². The van der Waals surface area contributed by atoms with Crippen LogP contribution in [-0.4, -0.2) is 45.8 Å². The second kappa shape index (κ2) is 12.4. The first-order valence-electron chi connectivity index (χ1n) is 12.0. The quantitative estimate of drug-likeness (QED) is 0.324. The number of carbonyl (C=O) groups excluding carboxylic acids is 2. The maximum absolute atomic E-state index is 13.3. The molecular formula is C27H31ClN4O5. The van der Waals surface area contributed by atoms with E-state index in [-0.39, 0.29) is 17.2 Å². The van der Waals surface area contributed by atoms with E-state index in [1.807, 2.05) is 32.9 Å². The number of methoxy groups -OCH3 is 1. The third-order valence-electron chi connectivity index (χ3n) is 5.69. The van der Waals surface area contributed by atoms with Crippen molar-refractivity contribution in [1.82, 2.24) is 15.1 Å². The fourth-order valence-corrected chi connectivity index (χ4v) is 4.04. The van der Waals surface area contributed by atoms with Gasteiger partial charge in [0.1, 0.15) is 11.8 Å². The predicted molar refractivity (Wildman–Crippen MR) is 142 cm³/mol. The minimum absolute atomic E-state index is 0.0817. The maximum atomic E-state index is 13.3. The third-order valence-corrected chi connectivity index (χ3v) is 5.94. The van der Waals surface area contributed by atoms with Crippen molar-refractivity contribution in [2.75, 3.05) is 12.4 Å². The van der Waals surface area contributed by atoms with Crippen molar-refractivity contribution in [1.29, 1.82) is 0 Å². The first-order chi connectivity index (χ1) is 17.6. The molecule has 196 valence electrons. The van der Waals surface area contributed by atoms with Crippen LogP contribution in [-0.2, 0) is 11.2 Å². The number of nitrogens with one attached hydrogen (secondary N) is 2. The van der Waals surface area contributed by atoms with Gasteiger partial charge in [0.2, 0.25) is 0 Å². The summed E-state index contributed by atoms with van der Waals surface area (Å²) >= 11 is 6.01. The van der Waals surface area contributed by atoms with Gasteiger partial charge >= 0.3 is 5.97 Å². The van der Waals surface area contributed by atoms with Crippen molar-refractivity contribution in [3.05, 3.63) is 70.5 Å². The molecule has 1 aromatic heterocycles. The van der Waals surface area contributed by atoms with Gasteiger partial charge in [0.05, 0.1) is 35.9 Å². The second-order valence-electron chi connectivity index (χ2n) is 9.01. The Morgan fingerprint density at radius 2 is 1.81 bits per heavy atom. The molecule has 2 amide bonds. The smallest absolute Gasteiger partial charge is 0.326 e. The minimum atomic E-state index is -1.11. The van der Waals surface area contributed by atoms with Crippen molar-refractivity contribution in [2.24, 2.45) is 5.92 Å². The summed E-state index contributed by atoms with van der Waals surface area (Å²) in [5.41, 5.74) is 2.36. The Hall–Kier alpha value is -3.85. The van der Waals surface area contributed by atoms with Gasteiger partial charge in [-0.1, -0.05) is 38.8 Å². The Morgan fingerprint density at radius 1 is 1.11 bits per heavy atom. The van der Waals surface area contributed by atoms with Gasteiger partial charge in [-0.25, -0.2) is 9.48 Å². The number of carbonyl (C=O) groups is 3. The third kappa shape index (κ3) is 6.89. The molecule has 0 aliphatic heterocycles. The molecule has 1 heterocycles. The standard InChI is InChI=1S/C27H31ClN4O5/c1-5-6-23-20(15-29-32(23)19-10-8-18(28)9-11-19)26(34)30-21-14-17(7-12-24(21)37-4)25(33)31-22(27(35)36)13-16(2)3/h7-12,14-16,22H,5-6,13H2,1-4H3,(H,30,34)(H,31,33)(H,35,36). The van der Waals surface area contributed by atoms with E-state index in [4.69, 9.17) is 16.3 Å². The van der Waals surface area contributed by atoms with Gasteiger partial charge < -0.3 is 20.5 Å². The highest BCUT2D eigenvalue weighted by Crippen LogP contribution is 2.27. The summed E-state index contributed by atoms with van der Waals surface area (Å²) < 4.78 is 7.08. The molecule has 37 heavy (non-hydrogen) atoms. The number of aromatic nitrogens is 2. The van der Waals surface area contributed by atoms with Gasteiger partial charge in [0.15, 0.2) is 0 Å². The number of ether oxygens (including phenoxy) is 1. The van der Waals surface area contributed by atoms with Crippen molar-refractivity contribution in [2.45, 2.75) is 46.1 Å². The lowest BCUT2D eigenvalue weighted by molar-refractivity contribution is -0.139. The molecule has 9 nitrogen and oxygen atoms in total. The van der Waals surface area contributed by atoms with E-state index in [2.05, 4.69) is 15.7 Å². The van der Waals surface area contributed by atoms with Crippen LogP contribution >= 0.6 is 11.6 Å². The predicted octanol–water partition coefficient (Wildman–Crippen LogP) is 4.97. The number of benzene rings is 2. The number of carboxylic acids is 1. The normalized spacial score (nSPS) is 11.7. The fourth-order valence-electron chi connectivity index (χ4n) is 3.92. The van der Waals surface area contributed by atoms with E-state index in [9.17, 15) is 19.5 Å². The maximum Gasteiger partial charge on any atom is 0.326 e. The van der Waals surface area contributed by atoms with Gasteiger partial charge in [0, 0.05) is 10.6 Å². The highest BCUT2D eigenvalue weighted by Gasteiger charge is 2.23. The number of rotatable bonds is 11. The molecule has 3 N–H and O–H groups in total. The number of anilines is 1.